The van der Waals surface area contributed by atoms with Crippen LogP contribution in [-0.4, -0.2) is 74.9 Å². The number of aromatic carboxylic acids is 2. The number of carboxylic acid groups (broad SMARTS) is 2. The van der Waals surface area contributed by atoms with Gasteiger partial charge in [0.25, 0.3) is 0 Å². The van der Waals surface area contributed by atoms with Gasteiger partial charge in [0, 0.05) is 22.9 Å². The van der Waals surface area contributed by atoms with Crippen LogP contribution in [0, 0.1) is 11.6 Å². The summed E-state index contributed by atoms with van der Waals surface area (Å²) in [5.74, 6) is -3.24. The van der Waals surface area contributed by atoms with Crippen LogP contribution in [0.2, 0.25) is 0 Å². The van der Waals surface area contributed by atoms with Crippen molar-refractivity contribution in [2.75, 3.05) is 13.2 Å². The van der Waals surface area contributed by atoms with E-state index in [0.29, 0.717) is 10.8 Å². The van der Waals surface area contributed by atoms with Gasteiger partial charge >= 0.3 is 41.5 Å². The van der Waals surface area contributed by atoms with Crippen LogP contribution >= 0.6 is 0 Å². The number of nitrogens with zero attached hydrogens (tertiary/aromatic N) is 2. The fraction of sp³-hybridized carbons (Fsp3) is 0.0833. The number of hydrogen-bond acceptors (Lipinski definition) is 6. The summed E-state index contributed by atoms with van der Waals surface area (Å²) in [5.41, 5.74) is 0.0594. The molecule has 0 aliphatic heterocycles. The quantitative estimate of drug-likeness (QED) is 0.283. The molecule has 4 rings (SSSR count). The molecule has 0 aliphatic carbocycles. The number of ether oxygens (including phenoxy) is 2. The Labute approximate surface area is 219 Å². The molecule has 0 bridgehead atoms. The topological polar surface area (TPSA) is 119 Å². The Morgan fingerprint density at radius 2 is 1.14 bits per heavy atom. The second-order valence-corrected chi connectivity index (χ2v) is 7.04. The van der Waals surface area contributed by atoms with Gasteiger partial charge in [-0.25, -0.2) is 28.3 Å². The minimum absolute atomic E-state index is 0. The first-order valence-electron chi connectivity index (χ1n) is 9.89. The molecule has 0 spiro atoms. The molecule has 11 heteroatoms. The fourth-order valence-corrected chi connectivity index (χ4v) is 3.20. The number of halogens is 2. The van der Waals surface area contributed by atoms with Crippen LogP contribution in [0.25, 0.3) is 21.8 Å². The third-order valence-corrected chi connectivity index (χ3v) is 4.74. The molecule has 35 heavy (non-hydrogen) atoms. The summed E-state index contributed by atoms with van der Waals surface area (Å²) in [4.78, 5) is 30.5. The van der Waals surface area contributed by atoms with E-state index >= 15 is 0 Å². The first kappa shape index (κ1) is 26.0. The van der Waals surface area contributed by atoms with E-state index in [9.17, 15) is 28.6 Å². The van der Waals surface area contributed by atoms with Crippen molar-refractivity contribution in [2.24, 2.45) is 0 Å². The van der Waals surface area contributed by atoms with Crippen molar-refractivity contribution in [2.45, 2.75) is 0 Å². The number of carbonyl (C=O) groups is 2. The van der Waals surface area contributed by atoms with Gasteiger partial charge in [0.15, 0.2) is 11.4 Å². The number of carboxylic acids is 2. The normalized spacial score (nSPS) is 10.9. The van der Waals surface area contributed by atoms with Crippen LogP contribution in [0.4, 0.5) is 8.78 Å². The van der Waals surface area contributed by atoms with Crippen LogP contribution in [0.15, 0.2) is 60.7 Å². The van der Waals surface area contributed by atoms with Crippen LogP contribution in [0.1, 0.15) is 21.0 Å². The van der Waals surface area contributed by atoms with Crippen molar-refractivity contribution in [1.29, 1.82) is 0 Å². The van der Waals surface area contributed by atoms with E-state index < -0.39 is 23.6 Å². The first-order valence-corrected chi connectivity index (χ1v) is 9.89. The summed E-state index contributed by atoms with van der Waals surface area (Å²) < 4.78 is 38.5. The summed E-state index contributed by atoms with van der Waals surface area (Å²) in [5, 5.41) is 19.1. The molecule has 0 aliphatic rings. The monoisotopic (exact) mass is 490 g/mol. The third-order valence-electron chi connectivity index (χ3n) is 4.74. The molecule has 8 nitrogen and oxygen atoms in total. The molecule has 0 atom stereocenters. The molecule has 4 aromatic rings. The molecular weight excluding hydrogens is 473 g/mol. The van der Waals surface area contributed by atoms with Crippen LogP contribution in [-0.2, 0) is 0 Å². The van der Waals surface area contributed by atoms with Crippen LogP contribution < -0.4 is 9.47 Å². The molecule has 2 N–H and O–H groups in total. The Morgan fingerprint density at radius 3 is 1.51 bits per heavy atom. The van der Waals surface area contributed by atoms with Gasteiger partial charge in [0.1, 0.15) is 36.3 Å². The second-order valence-electron chi connectivity index (χ2n) is 7.04. The van der Waals surface area contributed by atoms with Crippen LogP contribution in [0.5, 0.6) is 11.5 Å². The van der Waals surface area contributed by atoms with Crippen molar-refractivity contribution in [3.05, 3.63) is 83.7 Å². The molecular formula is C24H17F2N2NaO6. The number of fused-ring (bicyclic) bond motifs is 2. The van der Waals surface area contributed by atoms with Gasteiger partial charge in [0.05, 0.1) is 11.0 Å². The Balaban J connectivity index is 0.00000342. The SMILES string of the molecule is O=C(O)c1cc(OC/C=C/COc2cc(C(=O)O)nc3ccc(F)cc23)c2cc(F)ccc2n1.[NaH]. The van der Waals surface area contributed by atoms with Gasteiger partial charge in [-0.2, -0.15) is 0 Å². The van der Waals surface area contributed by atoms with E-state index in [4.69, 9.17) is 9.47 Å². The average molecular weight is 490 g/mol. The van der Waals surface area contributed by atoms with E-state index in [1.807, 2.05) is 0 Å². The standard InChI is InChI=1S/C24H16F2N2O6.Na.H/c25-13-3-5-17-15(9-13)21(11-19(27-17)23(29)30)33-7-1-2-8-34-22-12-20(24(31)32)28-18-6-4-14(26)10-16(18)22;;/h1-6,9-12H,7-8H2,(H,29,30)(H,31,32);;/b2-1+;;. The Morgan fingerprint density at radius 1 is 0.743 bits per heavy atom. The first-order chi connectivity index (χ1) is 16.3. The number of rotatable bonds is 8. The number of hydrogen-bond donors (Lipinski definition) is 2. The molecule has 0 unspecified atom stereocenters. The van der Waals surface area contributed by atoms with Crippen molar-refractivity contribution < 1.29 is 38.1 Å². The summed E-state index contributed by atoms with van der Waals surface area (Å²) in [6, 6.07) is 9.88. The van der Waals surface area contributed by atoms with Crippen molar-refractivity contribution >= 4 is 63.3 Å². The maximum absolute atomic E-state index is 13.6. The van der Waals surface area contributed by atoms with Gasteiger partial charge in [-0.15, -0.1) is 0 Å². The zero-order chi connectivity index (χ0) is 24.2. The molecule has 0 radical (unpaired) electrons. The second kappa shape index (κ2) is 11.2. The molecule has 2 heterocycles. The molecule has 0 saturated heterocycles. The average Bonchev–Trinajstić information content (AvgIpc) is 2.80. The Hall–Kier alpha value is -3.60. The maximum atomic E-state index is 13.6. The zero-order valence-electron chi connectivity index (χ0n) is 17.4. The molecule has 174 valence electrons. The molecule has 0 fully saturated rings. The van der Waals surface area contributed by atoms with Gasteiger partial charge < -0.3 is 19.7 Å². The zero-order valence-corrected chi connectivity index (χ0v) is 17.4. The number of benzene rings is 2. The van der Waals surface area contributed by atoms with Crippen molar-refractivity contribution in [3.8, 4) is 11.5 Å². The van der Waals surface area contributed by atoms with Gasteiger partial charge in [-0.05, 0) is 48.6 Å². The summed E-state index contributed by atoms with van der Waals surface area (Å²) in [7, 11) is 0. The minimum atomic E-state index is -1.25. The molecule has 2 aromatic heterocycles. The molecule has 0 saturated carbocycles. The number of aromatic nitrogens is 2. The van der Waals surface area contributed by atoms with Crippen LogP contribution in [0.3, 0.4) is 0 Å². The van der Waals surface area contributed by atoms with E-state index in [0.717, 1.165) is 0 Å². The Kier molecular flexibility index (Phi) is 8.34. The Bertz CT molecular complexity index is 1350. The van der Waals surface area contributed by atoms with Gasteiger partial charge in [-0.3, -0.25) is 0 Å². The van der Waals surface area contributed by atoms with Gasteiger partial charge in [0.2, 0.25) is 0 Å². The summed E-state index contributed by atoms with van der Waals surface area (Å²) in [6.45, 7) is 0.00822. The number of pyridine rings is 2. The molecule has 2 aromatic carbocycles. The predicted octanol–water partition coefficient (Wildman–Crippen LogP) is 3.82. The van der Waals surface area contributed by atoms with Crippen molar-refractivity contribution in [3.63, 3.8) is 0 Å². The van der Waals surface area contributed by atoms with Crippen molar-refractivity contribution in [1.82, 2.24) is 9.97 Å². The molecule has 0 amide bonds. The summed E-state index contributed by atoms with van der Waals surface area (Å²) >= 11 is 0. The van der Waals surface area contributed by atoms with E-state index in [-0.39, 0.29) is 76.7 Å². The fourth-order valence-electron chi connectivity index (χ4n) is 3.20. The third kappa shape index (κ3) is 6.10. The van der Waals surface area contributed by atoms with E-state index in [1.165, 1.54) is 48.5 Å². The van der Waals surface area contributed by atoms with E-state index in [2.05, 4.69) is 9.97 Å². The van der Waals surface area contributed by atoms with E-state index in [1.54, 1.807) is 12.2 Å². The summed E-state index contributed by atoms with van der Waals surface area (Å²) in [6.07, 6.45) is 3.15. The predicted molar refractivity (Wildman–Crippen MR) is 125 cm³/mol. The van der Waals surface area contributed by atoms with Gasteiger partial charge in [-0.1, -0.05) is 0 Å².